The van der Waals surface area contributed by atoms with Crippen molar-refractivity contribution in [2.24, 2.45) is 0 Å². The number of hydrogen-bond donors (Lipinski definition) is 1. The van der Waals surface area contributed by atoms with Crippen molar-refractivity contribution in [1.29, 1.82) is 0 Å². The first-order chi connectivity index (χ1) is 12.2. The second-order valence-corrected chi connectivity index (χ2v) is 5.77. The fourth-order valence-corrected chi connectivity index (χ4v) is 2.51. The molecular formula is C19H22N4O2. The predicted molar refractivity (Wildman–Crippen MR) is 98.2 cm³/mol. The van der Waals surface area contributed by atoms with Crippen LogP contribution in [0, 0.1) is 0 Å². The van der Waals surface area contributed by atoms with E-state index < -0.39 is 0 Å². The van der Waals surface area contributed by atoms with Gasteiger partial charge in [-0.1, -0.05) is 13.3 Å². The highest BCUT2D eigenvalue weighted by atomic mass is 16.5. The van der Waals surface area contributed by atoms with Gasteiger partial charge in [0.2, 0.25) is 5.91 Å². The van der Waals surface area contributed by atoms with Crippen LogP contribution in [0.4, 0.5) is 5.69 Å². The number of hydrogen-bond acceptors (Lipinski definition) is 4. The van der Waals surface area contributed by atoms with Crippen LogP contribution in [0.5, 0.6) is 5.75 Å². The zero-order valence-corrected chi connectivity index (χ0v) is 14.5. The number of rotatable bonds is 7. The van der Waals surface area contributed by atoms with Crippen LogP contribution in [0.25, 0.3) is 16.7 Å². The van der Waals surface area contributed by atoms with Crippen molar-refractivity contribution < 1.29 is 9.53 Å². The molecule has 0 saturated carbocycles. The highest BCUT2D eigenvalue weighted by Gasteiger charge is 2.08. The van der Waals surface area contributed by atoms with E-state index in [1.54, 1.807) is 4.80 Å². The first-order valence-corrected chi connectivity index (χ1v) is 8.59. The van der Waals surface area contributed by atoms with E-state index in [2.05, 4.69) is 22.4 Å². The van der Waals surface area contributed by atoms with Gasteiger partial charge in [0, 0.05) is 12.1 Å². The summed E-state index contributed by atoms with van der Waals surface area (Å²) in [5.41, 5.74) is 3.11. The van der Waals surface area contributed by atoms with Crippen LogP contribution in [0.2, 0.25) is 0 Å². The quantitative estimate of drug-likeness (QED) is 0.708. The number of amides is 1. The first kappa shape index (κ1) is 17.0. The Bertz CT molecular complexity index is 855. The number of aromatic nitrogens is 3. The van der Waals surface area contributed by atoms with Gasteiger partial charge in [-0.15, -0.1) is 10.2 Å². The number of nitrogens with zero attached hydrogens (tertiary/aromatic N) is 3. The van der Waals surface area contributed by atoms with Crippen molar-refractivity contribution in [2.75, 3.05) is 11.9 Å². The minimum atomic E-state index is 0.0279. The lowest BCUT2D eigenvalue weighted by Crippen LogP contribution is -2.10. The van der Waals surface area contributed by atoms with E-state index >= 15 is 0 Å². The van der Waals surface area contributed by atoms with Crippen molar-refractivity contribution in [1.82, 2.24) is 15.0 Å². The van der Waals surface area contributed by atoms with Crippen LogP contribution in [0.1, 0.15) is 33.1 Å². The first-order valence-electron chi connectivity index (χ1n) is 8.59. The summed E-state index contributed by atoms with van der Waals surface area (Å²) < 4.78 is 5.45. The number of anilines is 1. The molecule has 0 aliphatic rings. The van der Waals surface area contributed by atoms with Crippen LogP contribution < -0.4 is 10.1 Å². The third kappa shape index (κ3) is 4.15. The molecule has 3 rings (SSSR count). The Hall–Kier alpha value is -2.89. The SMILES string of the molecule is CCCCC(=O)Nc1ccc2nn(-c3ccc(OCC)cc3)nc2c1. The van der Waals surface area contributed by atoms with Gasteiger partial charge in [0.25, 0.3) is 0 Å². The van der Waals surface area contributed by atoms with Crippen molar-refractivity contribution in [3.63, 3.8) is 0 Å². The van der Waals surface area contributed by atoms with Crippen LogP contribution in [-0.4, -0.2) is 27.5 Å². The van der Waals surface area contributed by atoms with Gasteiger partial charge in [0.1, 0.15) is 16.8 Å². The lowest BCUT2D eigenvalue weighted by atomic mass is 10.2. The standard InChI is InChI=1S/C19H22N4O2/c1-3-5-6-19(24)20-14-7-12-17-18(13-14)22-23(21-17)15-8-10-16(11-9-15)25-4-2/h7-13H,3-6H2,1-2H3,(H,20,24). The average molecular weight is 338 g/mol. The molecule has 0 aliphatic heterocycles. The van der Waals surface area contributed by atoms with Gasteiger partial charge in [0.15, 0.2) is 0 Å². The van der Waals surface area contributed by atoms with Crippen molar-refractivity contribution in [3.05, 3.63) is 42.5 Å². The molecule has 3 aromatic rings. The Morgan fingerprint density at radius 3 is 2.56 bits per heavy atom. The number of carbonyl (C=O) groups is 1. The van der Waals surface area contributed by atoms with Crippen LogP contribution in [0.15, 0.2) is 42.5 Å². The summed E-state index contributed by atoms with van der Waals surface area (Å²) in [6, 6.07) is 13.2. The second kappa shape index (κ2) is 7.79. The van der Waals surface area contributed by atoms with Gasteiger partial charge in [0.05, 0.1) is 12.3 Å². The summed E-state index contributed by atoms with van der Waals surface area (Å²) in [5, 5.41) is 11.9. The van der Waals surface area contributed by atoms with E-state index in [0.717, 1.165) is 41.0 Å². The Morgan fingerprint density at radius 2 is 1.84 bits per heavy atom. The minimum absolute atomic E-state index is 0.0279. The second-order valence-electron chi connectivity index (χ2n) is 5.77. The fourth-order valence-electron chi connectivity index (χ4n) is 2.51. The molecule has 25 heavy (non-hydrogen) atoms. The Balaban J connectivity index is 1.79. The van der Waals surface area contributed by atoms with Gasteiger partial charge in [-0.2, -0.15) is 4.80 Å². The van der Waals surface area contributed by atoms with Crippen molar-refractivity contribution in [2.45, 2.75) is 33.1 Å². The van der Waals surface area contributed by atoms with Gasteiger partial charge in [-0.3, -0.25) is 4.79 Å². The zero-order chi connectivity index (χ0) is 17.6. The monoisotopic (exact) mass is 338 g/mol. The van der Waals surface area contributed by atoms with Gasteiger partial charge >= 0.3 is 0 Å². The van der Waals surface area contributed by atoms with Gasteiger partial charge in [-0.05, 0) is 55.8 Å². The number of fused-ring (bicyclic) bond motifs is 1. The van der Waals surface area contributed by atoms with Crippen LogP contribution in [-0.2, 0) is 4.79 Å². The topological polar surface area (TPSA) is 69.0 Å². The normalized spacial score (nSPS) is 10.8. The third-order valence-corrected chi connectivity index (χ3v) is 3.80. The average Bonchev–Trinajstić information content (AvgIpc) is 3.04. The van der Waals surface area contributed by atoms with Crippen LogP contribution in [0.3, 0.4) is 0 Å². The molecule has 1 heterocycles. The highest BCUT2D eigenvalue weighted by molar-refractivity contribution is 5.92. The Morgan fingerprint density at radius 1 is 1.08 bits per heavy atom. The molecule has 0 unspecified atom stereocenters. The number of carbonyl (C=O) groups excluding carboxylic acids is 1. The maximum Gasteiger partial charge on any atom is 0.224 e. The fraction of sp³-hybridized carbons (Fsp3) is 0.316. The Labute approximate surface area is 146 Å². The van der Waals surface area contributed by atoms with E-state index in [1.807, 2.05) is 49.4 Å². The summed E-state index contributed by atoms with van der Waals surface area (Å²) in [6.45, 7) is 4.66. The predicted octanol–water partition coefficient (Wildman–Crippen LogP) is 3.95. The largest absolute Gasteiger partial charge is 0.494 e. The number of nitrogens with one attached hydrogen (secondary N) is 1. The molecule has 130 valence electrons. The molecule has 0 aliphatic carbocycles. The Kier molecular flexibility index (Phi) is 5.28. The van der Waals surface area contributed by atoms with Crippen molar-refractivity contribution >= 4 is 22.6 Å². The maximum atomic E-state index is 11.9. The molecule has 1 N–H and O–H groups in total. The molecule has 1 amide bonds. The zero-order valence-electron chi connectivity index (χ0n) is 14.5. The minimum Gasteiger partial charge on any atom is -0.494 e. The lowest BCUT2D eigenvalue weighted by Gasteiger charge is -2.03. The van der Waals surface area contributed by atoms with E-state index in [-0.39, 0.29) is 5.91 Å². The highest BCUT2D eigenvalue weighted by Crippen LogP contribution is 2.19. The molecule has 0 saturated heterocycles. The van der Waals surface area contributed by atoms with Crippen molar-refractivity contribution in [3.8, 4) is 11.4 Å². The summed E-state index contributed by atoms with van der Waals surface area (Å²) in [6.07, 6.45) is 2.43. The summed E-state index contributed by atoms with van der Waals surface area (Å²) in [4.78, 5) is 13.4. The maximum absolute atomic E-state index is 11.9. The molecule has 0 radical (unpaired) electrons. The third-order valence-electron chi connectivity index (χ3n) is 3.80. The molecule has 6 nitrogen and oxygen atoms in total. The molecule has 1 aromatic heterocycles. The lowest BCUT2D eigenvalue weighted by molar-refractivity contribution is -0.116. The molecule has 6 heteroatoms. The summed E-state index contributed by atoms with van der Waals surface area (Å²) in [7, 11) is 0. The van der Waals surface area contributed by atoms with E-state index in [9.17, 15) is 4.79 Å². The summed E-state index contributed by atoms with van der Waals surface area (Å²) in [5.74, 6) is 0.847. The molecule has 0 fully saturated rings. The van der Waals surface area contributed by atoms with Gasteiger partial charge in [-0.25, -0.2) is 0 Å². The number of ether oxygens (including phenoxy) is 1. The van der Waals surface area contributed by atoms with E-state index in [1.165, 1.54) is 0 Å². The molecule has 2 aromatic carbocycles. The molecular weight excluding hydrogens is 316 g/mol. The smallest absolute Gasteiger partial charge is 0.224 e. The number of benzene rings is 2. The molecule has 0 atom stereocenters. The molecule has 0 spiro atoms. The van der Waals surface area contributed by atoms with E-state index in [0.29, 0.717) is 13.0 Å². The van der Waals surface area contributed by atoms with E-state index in [4.69, 9.17) is 4.74 Å². The molecule has 0 bridgehead atoms. The van der Waals surface area contributed by atoms with Crippen LogP contribution >= 0.6 is 0 Å². The van der Waals surface area contributed by atoms with Gasteiger partial charge < -0.3 is 10.1 Å². The summed E-state index contributed by atoms with van der Waals surface area (Å²) >= 11 is 0. The number of unbranched alkanes of at least 4 members (excludes halogenated alkanes) is 1.